The summed E-state index contributed by atoms with van der Waals surface area (Å²) in [5.41, 5.74) is 3.36. The Kier molecular flexibility index (Phi) is 4.57. The Labute approximate surface area is 193 Å². The molecule has 4 heterocycles. The highest BCUT2D eigenvalue weighted by Gasteiger charge is 2.51. The molecule has 2 aliphatic heterocycles. The molecule has 0 amide bonds. The van der Waals surface area contributed by atoms with Crippen LogP contribution in [0.3, 0.4) is 0 Å². The van der Waals surface area contributed by atoms with Crippen LogP contribution in [-0.4, -0.2) is 14.2 Å². The van der Waals surface area contributed by atoms with Crippen molar-refractivity contribution in [2.75, 3.05) is 14.2 Å². The smallest absolute Gasteiger partial charge is 0.346 e. The first kappa shape index (κ1) is 20.1. The van der Waals surface area contributed by atoms with Crippen molar-refractivity contribution >= 4 is 11.3 Å². The third kappa shape index (κ3) is 3.08. The molecule has 6 rings (SSSR count). The number of thiophene rings is 1. The van der Waals surface area contributed by atoms with Gasteiger partial charge in [0.15, 0.2) is 11.5 Å². The average Bonchev–Trinajstić information content (AvgIpc) is 3.39. The molecule has 0 aliphatic carbocycles. The van der Waals surface area contributed by atoms with Crippen LogP contribution in [0.15, 0.2) is 74.6 Å². The van der Waals surface area contributed by atoms with Gasteiger partial charge >= 0.3 is 5.63 Å². The normalized spacial score (nSPS) is 20.4. The van der Waals surface area contributed by atoms with E-state index in [0.29, 0.717) is 35.0 Å². The maximum Gasteiger partial charge on any atom is 0.346 e. The van der Waals surface area contributed by atoms with Crippen molar-refractivity contribution in [1.29, 1.82) is 0 Å². The largest absolute Gasteiger partial charge is 0.493 e. The van der Waals surface area contributed by atoms with Gasteiger partial charge in [-0.2, -0.15) is 11.3 Å². The summed E-state index contributed by atoms with van der Waals surface area (Å²) in [5.74, 6) is 1.04. The lowest BCUT2D eigenvalue weighted by atomic mass is 9.85. The third-order valence-electron chi connectivity index (χ3n) is 6.17. The fourth-order valence-corrected chi connectivity index (χ4v) is 5.30. The molecule has 4 aromatic rings. The van der Waals surface area contributed by atoms with Crippen LogP contribution < -0.4 is 19.8 Å². The number of ether oxygens (including phenoxy) is 4. The molecule has 166 valence electrons. The van der Waals surface area contributed by atoms with Crippen LogP contribution in [0.2, 0.25) is 0 Å². The van der Waals surface area contributed by atoms with E-state index in [1.54, 1.807) is 31.6 Å². The summed E-state index contributed by atoms with van der Waals surface area (Å²) in [5, 5.41) is 4.00. The van der Waals surface area contributed by atoms with Crippen molar-refractivity contribution in [3.8, 4) is 28.6 Å². The summed E-state index contributed by atoms with van der Waals surface area (Å²) in [6, 6.07) is 17.1. The van der Waals surface area contributed by atoms with Gasteiger partial charge in [-0.25, -0.2) is 4.79 Å². The summed E-state index contributed by atoms with van der Waals surface area (Å²) in [7, 11) is 3.19. The quantitative estimate of drug-likeness (QED) is 0.412. The molecule has 2 aliphatic rings. The maximum atomic E-state index is 13.3. The molecule has 0 fully saturated rings. The molecule has 2 atom stereocenters. The molecular weight excluding hydrogens is 440 g/mol. The molecule has 0 saturated carbocycles. The van der Waals surface area contributed by atoms with Crippen LogP contribution >= 0.6 is 11.3 Å². The van der Waals surface area contributed by atoms with Crippen molar-refractivity contribution < 1.29 is 23.4 Å². The zero-order valence-corrected chi connectivity index (χ0v) is 18.8. The van der Waals surface area contributed by atoms with E-state index in [1.165, 1.54) is 0 Å². The summed E-state index contributed by atoms with van der Waals surface area (Å²) in [4.78, 5) is 13.3. The van der Waals surface area contributed by atoms with Crippen molar-refractivity contribution in [3.05, 3.63) is 98.0 Å². The molecule has 1 unspecified atom stereocenters. The fraction of sp³-hybridized carbons (Fsp3) is 0.192. The highest BCUT2D eigenvalue weighted by molar-refractivity contribution is 7.08. The van der Waals surface area contributed by atoms with Crippen LogP contribution in [-0.2, 0) is 16.9 Å². The maximum absolute atomic E-state index is 13.3. The summed E-state index contributed by atoms with van der Waals surface area (Å²) in [6.45, 7) is 0. The lowest BCUT2D eigenvalue weighted by Crippen LogP contribution is -2.47. The SMILES string of the molecule is COc1cc2c(cc1OC)C1O[C@](c3ccsc3)(C2)Oc2cc(-c3ccccc3)oc(=O)c21. The van der Waals surface area contributed by atoms with Crippen molar-refractivity contribution in [3.63, 3.8) is 0 Å². The lowest BCUT2D eigenvalue weighted by molar-refractivity contribution is -0.238. The average molecular weight is 461 g/mol. The number of fused-ring (bicyclic) bond motifs is 6. The van der Waals surface area contributed by atoms with Gasteiger partial charge in [-0.1, -0.05) is 30.3 Å². The number of hydrogen-bond acceptors (Lipinski definition) is 7. The van der Waals surface area contributed by atoms with Crippen LogP contribution in [0.4, 0.5) is 0 Å². The highest BCUT2D eigenvalue weighted by Crippen LogP contribution is 2.53. The van der Waals surface area contributed by atoms with Gasteiger partial charge in [0.2, 0.25) is 5.79 Å². The molecule has 2 aromatic heterocycles. The molecule has 6 nitrogen and oxygen atoms in total. The Morgan fingerprint density at radius 2 is 1.82 bits per heavy atom. The molecule has 2 bridgehead atoms. The van der Waals surface area contributed by atoms with E-state index in [2.05, 4.69) is 0 Å². The Balaban J connectivity index is 1.60. The van der Waals surface area contributed by atoms with Crippen LogP contribution in [0.25, 0.3) is 11.3 Å². The van der Waals surface area contributed by atoms with Gasteiger partial charge in [-0.3, -0.25) is 0 Å². The van der Waals surface area contributed by atoms with E-state index in [4.69, 9.17) is 23.4 Å². The van der Waals surface area contributed by atoms with Gasteiger partial charge < -0.3 is 23.4 Å². The molecule has 7 heteroatoms. The van der Waals surface area contributed by atoms with Crippen LogP contribution in [0, 0.1) is 0 Å². The van der Waals surface area contributed by atoms with Gasteiger partial charge in [-0.15, -0.1) is 0 Å². The van der Waals surface area contributed by atoms with E-state index in [-0.39, 0.29) is 0 Å². The minimum absolute atomic E-state index is 0.341. The number of rotatable bonds is 4. The van der Waals surface area contributed by atoms with E-state index in [9.17, 15) is 4.79 Å². The predicted octanol–water partition coefficient (Wildman–Crippen LogP) is 5.29. The van der Waals surface area contributed by atoms with Gasteiger partial charge in [0.05, 0.1) is 14.2 Å². The van der Waals surface area contributed by atoms with E-state index in [0.717, 1.165) is 22.3 Å². The Hall–Kier alpha value is -3.55. The summed E-state index contributed by atoms with van der Waals surface area (Å²) < 4.78 is 29.8. The predicted molar refractivity (Wildman–Crippen MR) is 123 cm³/mol. The molecular formula is C26H20O6S. The highest BCUT2D eigenvalue weighted by atomic mass is 32.1. The van der Waals surface area contributed by atoms with E-state index < -0.39 is 17.5 Å². The topological polar surface area (TPSA) is 67.1 Å². The Morgan fingerprint density at radius 1 is 1.03 bits per heavy atom. The minimum Gasteiger partial charge on any atom is -0.493 e. The van der Waals surface area contributed by atoms with Gasteiger partial charge in [0, 0.05) is 29.0 Å². The Morgan fingerprint density at radius 3 is 2.55 bits per heavy atom. The third-order valence-corrected chi connectivity index (χ3v) is 6.85. The second-order valence-electron chi connectivity index (χ2n) is 7.99. The number of hydrogen-bond donors (Lipinski definition) is 0. The Bertz CT molecular complexity index is 1390. The standard InChI is InChI=1S/C26H20O6S/c1-28-20-10-16-13-26(17-8-9-33-14-17)31-22-12-19(15-6-4-3-5-7-15)30-25(27)23(22)24(32-26)18(16)11-21(20)29-2/h3-12,14,24H,13H2,1-2H3/t24?,26-/m0/s1. The molecule has 0 spiro atoms. The first-order valence-electron chi connectivity index (χ1n) is 10.5. The minimum atomic E-state index is -1.06. The first-order valence-corrected chi connectivity index (χ1v) is 11.4. The van der Waals surface area contributed by atoms with Crippen LogP contribution in [0.1, 0.15) is 28.4 Å². The number of benzene rings is 2. The van der Waals surface area contributed by atoms with Crippen LogP contribution in [0.5, 0.6) is 17.2 Å². The van der Waals surface area contributed by atoms with Crippen molar-refractivity contribution in [2.24, 2.45) is 0 Å². The van der Waals surface area contributed by atoms with Gasteiger partial charge in [0.1, 0.15) is 23.2 Å². The molecule has 0 N–H and O–H groups in total. The fourth-order valence-electron chi connectivity index (χ4n) is 4.59. The monoisotopic (exact) mass is 460 g/mol. The molecule has 0 radical (unpaired) electrons. The van der Waals surface area contributed by atoms with Crippen molar-refractivity contribution in [2.45, 2.75) is 18.3 Å². The van der Waals surface area contributed by atoms with Gasteiger partial charge in [0.25, 0.3) is 0 Å². The van der Waals surface area contributed by atoms with E-state index >= 15 is 0 Å². The summed E-state index contributed by atoms with van der Waals surface area (Å²) >= 11 is 1.57. The zero-order valence-electron chi connectivity index (χ0n) is 18.0. The molecule has 33 heavy (non-hydrogen) atoms. The second-order valence-corrected chi connectivity index (χ2v) is 8.77. The van der Waals surface area contributed by atoms with E-state index in [1.807, 2.05) is 59.3 Å². The first-order chi connectivity index (χ1) is 16.1. The molecule has 2 aromatic carbocycles. The van der Waals surface area contributed by atoms with Gasteiger partial charge in [-0.05, 0) is 34.7 Å². The number of methoxy groups -OCH3 is 2. The molecule has 0 saturated heterocycles. The zero-order chi connectivity index (χ0) is 22.6. The summed E-state index contributed by atoms with van der Waals surface area (Å²) in [6.07, 6.45) is -0.214. The van der Waals surface area contributed by atoms with Crippen molar-refractivity contribution in [1.82, 2.24) is 0 Å². The lowest BCUT2D eigenvalue weighted by Gasteiger charge is -2.45. The second kappa shape index (κ2) is 7.50.